The lowest BCUT2D eigenvalue weighted by atomic mass is 9.96. The van der Waals surface area contributed by atoms with Crippen LogP contribution in [0.15, 0.2) is 54.6 Å². The Morgan fingerprint density at radius 3 is 2.41 bits per heavy atom. The van der Waals surface area contributed by atoms with E-state index in [1.165, 1.54) is 6.07 Å². The number of phenols is 1. The molecule has 2 N–H and O–H groups in total. The van der Waals surface area contributed by atoms with Crippen molar-refractivity contribution in [1.82, 2.24) is 10.2 Å². The molecule has 1 fully saturated rings. The zero-order chi connectivity index (χ0) is 19.1. The summed E-state index contributed by atoms with van der Waals surface area (Å²) in [7, 11) is 0. The highest BCUT2D eigenvalue weighted by Gasteiger charge is 2.27. The van der Waals surface area contributed by atoms with Gasteiger partial charge in [-0.1, -0.05) is 42.5 Å². The van der Waals surface area contributed by atoms with Crippen molar-refractivity contribution in [2.24, 2.45) is 5.92 Å². The molecule has 6 heteroatoms. The lowest BCUT2D eigenvalue weighted by Gasteiger charge is -2.31. The van der Waals surface area contributed by atoms with Crippen LogP contribution in [0.3, 0.4) is 0 Å². The van der Waals surface area contributed by atoms with Crippen molar-refractivity contribution in [2.45, 2.75) is 19.4 Å². The van der Waals surface area contributed by atoms with Gasteiger partial charge in [-0.05, 0) is 30.5 Å². The maximum atomic E-state index is 12.3. The summed E-state index contributed by atoms with van der Waals surface area (Å²) in [6.45, 7) is 1.47. The maximum Gasteiger partial charge on any atom is 0.260 e. The molecule has 3 rings (SSSR count). The van der Waals surface area contributed by atoms with E-state index >= 15 is 0 Å². The lowest BCUT2D eigenvalue weighted by Crippen LogP contribution is -2.44. The Balaban J connectivity index is 1.40. The van der Waals surface area contributed by atoms with Gasteiger partial charge in [0.05, 0.1) is 0 Å². The first-order valence-corrected chi connectivity index (χ1v) is 9.13. The van der Waals surface area contributed by atoms with Crippen LogP contribution in [0, 0.1) is 5.92 Å². The summed E-state index contributed by atoms with van der Waals surface area (Å²) in [6.07, 6.45) is 1.28. The van der Waals surface area contributed by atoms with Crippen LogP contribution in [0.25, 0.3) is 0 Å². The van der Waals surface area contributed by atoms with E-state index in [4.69, 9.17) is 4.74 Å². The molecule has 6 nitrogen and oxygen atoms in total. The molecule has 0 bridgehead atoms. The standard InChI is InChI=1S/C21H24N2O4/c24-18-8-4-5-9-19(18)27-15-20(25)23-12-10-17(11-13-23)21(26)22-14-16-6-2-1-3-7-16/h1-9,17,24H,10-15H2,(H,22,26). The second kappa shape index (κ2) is 9.07. The first-order valence-electron chi connectivity index (χ1n) is 9.13. The number of piperidine rings is 1. The van der Waals surface area contributed by atoms with Gasteiger partial charge in [-0.3, -0.25) is 9.59 Å². The third-order valence-electron chi connectivity index (χ3n) is 4.74. The van der Waals surface area contributed by atoms with Crippen molar-refractivity contribution in [2.75, 3.05) is 19.7 Å². The van der Waals surface area contributed by atoms with Crippen molar-refractivity contribution in [1.29, 1.82) is 0 Å². The Morgan fingerprint density at radius 2 is 1.70 bits per heavy atom. The number of carbonyl (C=O) groups is 2. The Morgan fingerprint density at radius 1 is 1.04 bits per heavy atom. The van der Waals surface area contributed by atoms with Crippen LogP contribution in [0.5, 0.6) is 11.5 Å². The molecule has 2 aromatic rings. The van der Waals surface area contributed by atoms with Gasteiger partial charge in [0.2, 0.25) is 5.91 Å². The average molecular weight is 368 g/mol. The number of ether oxygens (including phenoxy) is 1. The normalized spacial score (nSPS) is 14.6. The fraction of sp³-hybridized carbons (Fsp3) is 0.333. The van der Waals surface area contributed by atoms with Gasteiger partial charge in [0.15, 0.2) is 18.1 Å². The number of nitrogens with zero attached hydrogens (tertiary/aromatic N) is 1. The van der Waals surface area contributed by atoms with Crippen LogP contribution >= 0.6 is 0 Å². The highest BCUT2D eigenvalue weighted by atomic mass is 16.5. The molecule has 27 heavy (non-hydrogen) atoms. The monoisotopic (exact) mass is 368 g/mol. The summed E-state index contributed by atoms with van der Waals surface area (Å²) in [5.74, 6) is 0.134. The van der Waals surface area contributed by atoms with Gasteiger partial charge in [-0.25, -0.2) is 0 Å². The summed E-state index contributed by atoms with van der Waals surface area (Å²) in [5.41, 5.74) is 1.07. The predicted molar refractivity (Wildman–Crippen MR) is 101 cm³/mol. The second-order valence-electron chi connectivity index (χ2n) is 6.61. The largest absolute Gasteiger partial charge is 0.504 e. The van der Waals surface area contributed by atoms with E-state index in [2.05, 4.69) is 5.32 Å². The number of hydrogen-bond acceptors (Lipinski definition) is 4. The Kier molecular flexibility index (Phi) is 6.30. The fourth-order valence-corrected chi connectivity index (χ4v) is 3.13. The summed E-state index contributed by atoms with van der Waals surface area (Å²) in [5, 5.41) is 12.6. The van der Waals surface area contributed by atoms with E-state index in [1.54, 1.807) is 23.1 Å². The SMILES string of the molecule is O=C(NCc1ccccc1)C1CCN(C(=O)COc2ccccc2O)CC1. The molecule has 0 atom stereocenters. The summed E-state index contributed by atoms with van der Waals surface area (Å²) >= 11 is 0. The molecule has 1 aliphatic rings. The van der Waals surface area contributed by atoms with Gasteiger partial charge in [-0.2, -0.15) is 0 Å². The number of amides is 2. The van der Waals surface area contributed by atoms with Crippen LogP contribution < -0.4 is 10.1 Å². The number of hydrogen-bond donors (Lipinski definition) is 2. The first kappa shape index (κ1) is 18.8. The van der Waals surface area contributed by atoms with Gasteiger partial charge >= 0.3 is 0 Å². The summed E-state index contributed by atoms with van der Waals surface area (Å²) < 4.78 is 5.39. The number of phenolic OH excluding ortho intramolecular Hbond substituents is 1. The van der Waals surface area contributed by atoms with Gasteiger partial charge in [-0.15, -0.1) is 0 Å². The molecule has 2 amide bonds. The topological polar surface area (TPSA) is 78.9 Å². The highest BCUT2D eigenvalue weighted by molar-refractivity contribution is 5.80. The van der Waals surface area contributed by atoms with Gasteiger partial charge in [0.25, 0.3) is 5.91 Å². The Hall–Kier alpha value is -3.02. The lowest BCUT2D eigenvalue weighted by molar-refractivity contribution is -0.137. The van der Waals surface area contributed by atoms with Crippen molar-refractivity contribution in [3.63, 3.8) is 0 Å². The quantitative estimate of drug-likeness (QED) is 0.820. The number of likely N-dealkylation sites (tertiary alicyclic amines) is 1. The fourth-order valence-electron chi connectivity index (χ4n) is 3.13. The zero-order valence-corrected chi connectivity index (χ0v) is 15.1. The van der Waals surface area contributed by atoms with Crippen molar-refractivity contribution >= 4 is 11.8 Å². The zero-order valence-electron chi connectivity index (χ0n) is 15.1. The minimum Gasteiger partial charge on any atom is -0.504 e. The molecule has 0 unspecified atom stereocenters. The molecule has 2 aromatic carbocycles. The van der Waals surface area contributed by atoms with E-state index in [0.717, 1.165) is 5.56 Å². The summed E-state index contributed by atoms with van der Waals surface area (Å²) in [6, 6.07) is 16.4. The Bertz CT molecular complexity index is 771. The van der Waals surface area contributed by atoms with Crippen LogP contribution in [-0.2, 0) is 16.1 Å². The number of para-hydroxylation sites is 2. The minimum atomic E-state index is -0.138. The van der Waals surface area contributed by atoms with Gasteiger partial charge in [0.1, 0.15) is 0 Å². The second-order valence-corrected chi connectivity index (χ2v) is 6.61. The Labute approximate surface area is 158 Å². The third-order valence-corrected chi connectivity index (χ3v) is 4.74. The number of carbonyl (C=O) groups excluding carboxylic acids is 2. The predicted octanol–water partition coefficient (Wildman–Crippen LogP) is 2.33. The third kappa shape index (κ3) is 5.23. The number of rotatable bonds is 6. The molecule has 0 aromatic heterocycles. The van der Waals surface area contributed by atoms with Gasteiger partial charge < -0.3 is 20.1 Å². The number of aromatic hydroxyl groups is 1. The molecule has 1 heterocycles. The molecule has 1 saturated heterocycles. The smallest absolute Gasteiger partial charge is 0.260 e. The molecular formula is C21H24N2O4. The molecule has 0 radical (unpaired) electrons. The van der Waals surface area contributed by atoms with Crippen molar-refractivity contribution in [3.8, 4) is 11.5 Å². The van der Waals surface area contributed by atoms with Crippen LogP contribution in [-0.4, -0.2) is 41.5 Å². The molecule has 0 aliphatic carbocycles. The van der Waals surface area contributed by atoms with Crippen molar-refractivity contribution in [3.05, 3.63) is 60.2 Å². The highest BCUT2D eigenvalue weighted by Crippen LogP contribution is 2.24. The van der Waals surface area contributed by atoms with E-state index in [-0.39, 0.29) is 30.1 Å². The van der Waals surface area contributed by atoms with Gasteiger partial charge in [0, 0.05) is 25.6 Å². The number of nitrogens with one attached hydrogen (secondary N) is 1. The molecule has 1 aliphatic heterocycles. The number of benzene rings is 2. The molecule has 142 valence electrons. The van der Waals surface area contributed by atoms with E-state index in [0.29, 0.717) is 38.2 Å². The molecular weight excluding hydrogens is 344 g/mol. The molecule has 0 spiro atoms. The van der Waals surface area contributed by atoms with E-state index < -0.39 is 0 Å². The van der Waals surface area contributed by atoms with Crippen LogP contribution in [0.4, 0.5) is 0 Å². The van der Waals surface area contributed by atoms with Crippen molar-refractivity contribution < 1.29 is 19.4 Å². The first-order chi connectivity index (χ1) is 13.1. The minimum absolute atomic E-state index is 0.0131. The van der Waals surface area contributed by atoms with E-state index in [1.807, 2.05) is 30.3 Å². The van der Waals surface area contributed by atoms with E-state index in [9.17, 15) is 14.7 Å². The van der Waals surface area contributed by atoms with Crippen LogP contribution in [0.2, 0.25) is 0 Å². The summed E-state index contributed by atoms with van der Waals surface area (Å²) in [4.78, 5) is 26.3. The average Bonchev–Trinajstić information content (AvgIpc) is 2.72. The maximum absolute atomic E-state index is 12.3. The molecule has 0 saturated carbocycles. The van der Waals surface area contributed by atoms with Crippen LogP contribution in [0.1, 0.15) is 18.4 Å².